The van der Waals surface area contributed by atoms with E-state index < -0.39 is 0 Å². The number of benzene rings is 3. The highest BCUT2D eigenvalue weighted by Crippen LogP contribution is 2.51. The van der Waals surface area contributed by atoms with Crippen molar-refractivity contribution in [2.75, 3.05) is 32.7 Å². The second-order valence-electron chi connectivity index (χ2n) is 12.0. The van der Waals surface area contributed by atoms with Crippen molar-refractivity contribution in [1.29, 1.82) is 0 Å². The van der Waals surface area contributed by atoms with E-state index in [-0.39, 0.29) is 24.4 Å². The van der Waals surface area contributed by atoms with Crippen LogP contribution in [0.15, 0.2) is 48.5 Å². The summed E-state index contributed by atoms with van der Waals surface area (Å²) in [4.78, 5) is 2.28. The van der Waals surface area contributed by atoms with E-state index in [1.807, 2.05) is 0 Å². The number of aryl methyl sites for hydroxylation is 3. The number of methoxy groups -OCH3 is 2. The lowest BCUT2D eigenvalue weighted by atomic mass is 9.85. The summed E-state index contributed by atoms with van der Waals surface area (Å²) in [5, 5.41) is 0. The summed E-state index contributed by atoms with van der Waals surface area (Å²) in [5.74, 6) is 1.58. The smallest absolute Gasteiger partial charge is 0.188 e. The van der Waals surface area contributed by atoms with Crippen LogP contribution >= 0.6 is 0 Å². The van der Waals surface area contributed by atoms with E-state index in [1.54, 1.807) is 14.2 Å². The van der Waals surface area contributed by atoms with Gasteiger partial charge in [-0.1, -0.05) is 83.5 Å². The minimum absolute atomic E-state index is 0.148. The SMILES string of the molecule is COCOc1c(N(c2cccc(C(C)(C)C)c2OCOC)c2c(C)cc(C)cc2C)cccc1C(C)(C)C. The molecule has 0 aliphatic heterocycles. The summed E-state index contributed by atoms with van der Waals surface area (Å²) in [7, 11) is 3.30. The van der Waals surface area contributed by atoms with Gasteiger partial charge < -0.3 is 23.8 Å². The lowest BCUT2D eigenvalue weighted by Gasteiger charge is -2.35. The molecular formula is C33H45NO4. The van der Waals surface area contributed by atoms with Crippen LogP contribution in [-0.2, 0) is 20.3 Å². The third kappa shape index (κ3) is 6.33. The molecule has 0 unspecified atom stereocenters. The number of hydrogen-bond donors (Lipinski definition) is 0. The van der Waals surface area contributed by atoms with Crippen LogP contribution < -0.4 is 14.4 Å². The van der Waals surface area contributed by atoms with E-state index in [4.69, 9.17) is 18.9 Å². The van der Waals surface area contributed by atoms with E-state index in [1.165, 1.54) is 16.7 Å². The molecule has 3 aromatic carbocycles. The van der Waals surface area contributed by atoms with Gasteiger partial charge in [0.1, 0.15) is 11.5 Å². The lowest BCUT2D eigenvalue weighted by Crippen LogP contribution is -2.21. The predicted molar refractivity (Wildman–Crippen MR) is 158 cm³/mol. The second kappa shape index (κ2) is 11.8. The van der Waals surface area contributed by atoms with Crippen molar-refractivity contribution >= 4 is 17.1 Å². The molecule has 0 radical (unpaired) electrons. The maximum atomic E-state index is 6.36. The van der Waals surface area contributed by atoms with Gasteiger partial charge in [-0.3, -0.25) is 0 Å². The van der Waals surface area contributed by atoms with Gasteiger partial charge in [0.2, 0.25) is 0 Å². The van der Waals surface area contributed by atoms with Gasteiger partial charge in [-0.2, -0.15) is 0 Å². The van der Waals surface area contributed by atoms with Crippen molar-refractivity contribution in [3.8, 4) is 11.5 Å². The molecule has 0 fully saturated rings. The van der Waals surface area contributed by atoms with E-state index in [0.29, 0.717) is 0 Å². The number of para-hydroxylation sites is 2. The standard InChI is InChI=1S/C33H45NO4/c1-22-18-23(2)29(24(3)19-22)34(27-16-12-14-25(32(4,5)6)30(27)37-20-35-10)28-17-13-15-26(33(7,8)9)31(28)38-21-36-11/h12-19H,20-21H2,1-11H3. The number of nitrogens with zero attached hydrogens (tertiary/aromatic N) is 1. The van der Waals surface area contributed by atoms with Crippen LogP contribution in [0.5, 0.6) is 11.5 Å². The average molecular weight is 520 g/mol. The van der Waals surface area contributed by atoms with Crippen molar-refractivity contribution in [1.82, 2.24) is 0 Å². The lowest BCUT2D eigenvalue weighted by molar-refractivity contribution is 0.0498. The Morgan fingerprint density at radius 2 is 1.03 bits per heavy atom. The predicted octanol–water partition coefficient (Wildman–Crippen LogP) is 8.64. The molecule has 0 aliphatic carbocycles. The Bertz CT molecular complexity index is 1160. The molecule has 0 aliphatic rings. The third-order valence-corrected chi connectivity index (χ3v) is 6.59. The molecule has 0 bridgehead atoms. The van der Waals surface area contributed by atoms with Crippen molar-refractivity contribution in [2.45, 2.75) is 73.1 Å². The molecule has 0 spiro atoms. The molecule has 0 aromatic heterocycles. The largest absolute Gasteiger partial charge is 0.465 e. The van der Waals surface area contributed by atoms with Gasteiger partial charge in [-0.15, -0.1) is 0 Å². The third-order valence-electron chi connectivity index (χ3n) is 6.59. The average Bonchev–Trinajstić information content (AvgIpc) is 2.82. The number of rotatable bonds is 9. The molecule has 0 N–H and O–H groups in total. The van der Waals surface area contributed by atoms with Crippen molar-refractivity contribution in [3.63, 3.8) is 0 Å². The Morgan fingerprint density at radius 1 is 0.632 bits per heavy atom. The maximum Gasteiger partial charge on any atom is 0.188 e. The Morgan fingerprint density at radius 3 is 1.37 bits per heavy atom. The van der Waals surface area contributed by atoms with E-state index in [0.717, 1.165) is 39.7 Å². The zero-order chi connectivity index (χ0) is 28.3. The summed E-state index contributed by atoms with van der Waals surface area (Å²) in [6, 6.07) is 17.1. The molecule has 0 saturated heterocycles. The highest BCUT2D eigenvalue weighted by atomic mass is 16.7. The quantitative estimate of drug-likeness (QED) is 0.265. The molecule has 5 heteroatoms. The first-order valence-electron chi connectivity index (χ1n) is 13.2. The molecule has 3 rings (SSSR count). The zero-order valence-corrected chi connectivity index (χ0v) is 25.1. The number of anilines is 3. The number of ether oxygens (including phenoxy) is 4. The van der Waals surface area contributed by atoms with Crippen LogP contribution in [0.4, 0.5) is 17.1 Å². The fourth-order valence-electron chi connectivity index (χ4n) is 5.02. The topological polar surface area (TPSA) is 40.2 Å². The summed E-state index contributed by atoms with van der Waals surface area (Å²) in [6.07, 6.45) is 0. The minimum atomic E-state index is -0.148. The first-order valence-corrected chi connectivity index (χ1v) is 13.2. The number of hydrogen-bond acceptors (Lipinski definition) is 5. The fraction of sp³-hybridized carbons (Fsp3) is 0.455. The minimum Gasteiger partial charge on any atom is -0.465 e. The summed E-state index contributed by atoms with van der Waals surface area (Å²) in [5.41, 5.74) is 8.42. The molecule has 3 aromatic rings. The maximum absolute atomic E-state index is 6.36. The van der Waals surface area contributed by atoms with Gasteiger partial charge >= 0.3 is 0 Å². The summed E-state index contributed by atoms with van der Waals surface area (Å²) >= 11 is 0. The van der Waals surface area contributed by atoms with Crippen LogP contribution in [0.25, 0.3) is 0 Å². The van der Waals surface area contributed by atoms with Crippen LogP contribution in [0.2, 0.25) is 0 Å². The molecule has 0 amide bonds. The molecule has 0 saturated carbocycles. The van der Waals surface area contributed by atoms with Gasteiger partial charge in [0.15, 0.2) is 13.6 Å². The van der Waals surface area contributed by atoms with Crippen LogP contribution in [0.3, 0.4) is 0 Å². The van der Waals surface area contributed by atoms with Crippen molar-refractivity contribution < 1.29 is 18.9 Å². The van der Waals surface area contributed by atoms with Gasteiger partial charge in [-0.25, -0.2) is 0 Å². The highest BCUT2D eigenvalue weighted by molar-refractivity contribution is 5.87. The van der Waals surface area contributed by atoms with Gasteiger partial charge in [0.25, 0.3) is 0 Å². The van der Waals surface area contributed by atoms with Crippen LogP contribution in [0.1, 0.15) is 69.4 Å². The van der Waals surface area contributed by atoms with Crippen molar-refractivity contribution in [2.24, 2.45) is 0 Å². The zero-order valence-electron chi connectivity index (χ0n) is 25.1. The van der Waals surface area contributed by atoms with Crippen LogP contribution in [-0.4, -0.2) is 27.8 Å². The van der Waals surface area contributed by atoms with Gasteiger partial charge in [-0.05, 0) is 54.9 Å². The normalized spacial score (nSPS) is 12.0. The highest BCUT2D eigenvalue weighted by Gasteiger charge is 2.30. The first kappa shape index (κ1) is 29.5. The molecule has 206 valence electrons. The molecule has 0 atom stereocenters. The molecule has 5 nitrogen and oxygen atoms in total. The van der Waals surface area contributed by atoms with E-state index >= 15 is 0 Å². The van der Waals surface area contributed by atoms with Gasteiger partial charge in [0, 0.05) is 25.3 Å². The Labute approximate surface area is 229 Å². The van der Waals surface area contributed by atoms with E-state index in [9.17, 15) is 0 Å². The molecule has 0 heterocycles. The Balaban J connectivity index is 2.49. The fourth-order valence-corrected chi connectivity index (χ4v) is 5.02. The Kier molecular flexibility index (Phi) is 9.17. The summed E-state index contributed by atoms with van der Waals surface area (Å²) < 4.78 is 23.5. The summed E-state index contributed by atoms with van der Waals surface area (Å²) in [6.45, 7) is 20.0. The Hall–Kier alpha value is -3.02. The monoisotopic (exact) mass is 519 g/mol. The van der Waals surface area contributed by atoms with Gasteiger partial charge in [0.05, 0.1) is 17.1 Å². The van der Waals surface area contributed by atoms with E-state index in [2.05, 4.69) is 116 Å². The first-order chi connectivity index (χ1) is 17.8. The molecular weight excluding hydrogens is 474 g/mol. The van der Waals surface area contributed by atoms with Crippen LogP contribution in [0, 0.1) is 20.8 Å². The second-order valence-corrected chi connectivity index (χ2v) is 12.0. The molecule has 38 heavy (non-hydrogen) atoms. The van der Waals surface area contributed by atoms with Crippen molar-refractivity contribution in [3.05, 3.63) is 76.3 Å².